The molecule has 0 saturated heterocycles. The lowest BCUT2D eigenvalue weighted by Gasteiger charge is -2.57. The topological polar surface area (TPSA) is 51.2 Å². The van der Waals surface area contributed by atoms with Crippen LogP contribution in [0.2, 0.25) is 0 Å². The van der Waals surface area contributed by atoms with Crippen LogP contribution in [-0.4, -0.2) is 28.1 Å². The zero-order valence-electron chi connectivity index (χ0n) is 14.7. The summed E-state index contributed by atoms with van der Waals surface area (Å²) >= 11 is 5.73. The first kappa shape index (κ1) is 17.0. The van der Waals surface area contributed by atoms with Gasteiger partial charge in [-0.05, 0) is 75.3 Å². The molecule has 4 fully saturated rings. The summed E-state index contributed by atoms with van der Waals surface area (Å²) in [6, 6.07) is 5.60. The van der Waals surface area contributed by atoms with Crippen molar-refractivity contribution in [2.45, 2.75) is 56.9 Å². The Morgan fingerprint density at radius 1 is 1.28 bits per heavy atom. The second kappa shape index (κ2) is 6.67. The Bertz CT molecular complexity index is 626. The Labute approximate surface area is 154 Å². The maximum Gasteiger partial charge on any atom is 0.321 e. The van der Waals surface area contributed by atoms with E-state index in [1.54, 1.807) is 6.20 Å². The summed E-state index contributed by atoms with van der Waals surface area (Å²) in [5.41, 5.74) is 0.758. The van der Waals surface area contributed by atoms with E-state index in [4.69, 9.17) is 17.0 Å². The number of hydrogen-bond acceptors (Lipinski definition) is 4. The molecule has 1 unspecified atom stereocenters. The standard InChI is InChI=1S/C20H26N2O2S/c1-2-24-19(23)17(16-5-3-4-6-21-16)18(25)22-20-10-13-7-14(11-20)9-15(8-13)12-20/h3-6,13-15,17H,2,7-12H2,1H3,(H,22,25). The minimum Gasteiger partial charge on any atom is -0.465 e. The van der Waals surface area contributed by atoms with E-state index in [1.165, 1.54) is 38.5 Å². The average Bonchev–Trinajstić information content (AvgIpc) is 2.54. The van der Waals surface area contributed by atoms with E-state index in [2.05, 4.69) is 10.3 Å². The first-order chi connectivity index (χ1) is 12.1. The molecule has 0 spiro atoms. The molecule has 1 atom stereocenters. The quantitative estimate of drug-likeness (QED) is 0.644. The summed E-state index contributed by atoms with van der Waals surface area (Å²) in [4.78, 5) is 17.5. The average molecular weight is 359 g/mol. The number of nitrogens with zero attached hydrogens (tertiary/aromatic N) is 1. The number of carbonyl (C=O) groups is 1. The van der Waals surface area contributed by atoms with Crippen LogP contribution >= 0.6 is 12.2 Å². The zero-order chi connectivity index (χ0) is 17.4. The number of hydrogen-bond donors (Lipinski definition) is 1. The van der Waals surface area contributed by atoms with Gasteiger partial charge in [-0.15, -0.1) is 0 Å². The Balaban J connectivity index is 1.56. The molecule has 1 aromatic heterocycles. The molecule has 1 N–H and O–H groups in total. The van der Waals surface area contributed by atoms with Gasteiger partial charge in [-0.3, -0.25) is 9.78 Å². The second-order valence-corrected chi connectivity index (χ2v) is 8.57. The molecule has 1 heterocycles. The summed E-state index contributed by atoms with van der Waals surface area (Å²) < 4.78 is 5.29. The first-order valence-electron chi connectivity index (χ1n) is 9.48. The fourth-order valence-electron chi connectivity index (χ4n) is 5.73. The van der Waals surface area contributed by atoms with Gasteiger partial charge in [-0.25, -0.2) is 0 Å². The Morgan fingerprint density at radius 3 is 2.44 bits per heavy atom. The molecule has 4 bridgehead atoms. The van der Waals surface area contributed by atoms with Crippen LogP contribution in [0.25, 0.3) is 0 Å². The van der Waals surface area contributed by atoms with E-state index in [1.807, 2.05) is 25.1 Å². The van der Waals surface area contributed by atoms with Gasteiger partial charge in [0.1, 0.15) is 5.92 Å². The third-order valence-electron chi connectivity index (χ3n) is 6.19. The van der Waals surface area contributed by atoms with Crippen LogP contribution in [-0.2, 0) is 9.53 Å². The van der Waals surface area contributed by atoms with Crippen LogP contribution in [0.3, 0.4) is 0 Å². The number of thiocarbonyl (C=S) groups is 1. The van der Waals surface area contributed by atoms with E-state index in [-0.39, 0.29) is 11.5 Å². The Morgan fingerprint density at radius 2 is 1.92 bits per heavy atom. The summed E-state index contributed by atoms with van der Waals surface area (Å²) in [5, 5.41) is 3.65. The van der Waals surface area contributed by atoms with Crippen LogP contribution < -0.4 is 5.32 Å². The molecule has 4 aliphatic rings. The lowest BCUT2D eigenvalue weighted by molar-refractivity contribution is -0.143. The normalized spacial score (nSPS) is 33.7. The first-order valence-corrected chi connectivity index (χ1v) is 9.89. The monoisotopic (exact) mass is 358 g/mol. The van der Waals surface area contributed by atoms with Crippen molar-refractivity contribution in [3.63, 3.8) is 0 Å². The number of rotatable bonds is 5. The van der Waals surface area contributed by atoms with Gasteiger partial charge in [0, 0.05) is 11.7 Å². The highest BCUT2D eigenvalue weighted by Gasteiger charge is 2.51. The summed E-state index contributed by atoms with van der Waals surface area (Å²) in [7, 11) is 0. The molecule has 0 aliphatic heterocycles. The summed E-state index contributed by atoms with van der Waals surface area (Å²) in [6.07, 6.45) is 9.43. The van der Waals surface area contributed by atoms with Crippen molar-refractivity contribution in [1.82, 2.24) is 10.3 Å². The SMILES string of the molecule is CCOC(=O)C(C(=S)NC12CC3CC(CC(C3)C1)C2)c1ccccn1. The van der Waals surface area contributed by atoms with Crippen molar-refractivity contribution in [3.8, 4) is 0 Å². The van der Waals surface area contributed by atoms with E-state index in [9.17, 15) is 4.79 Å². The highest BCUT2D eigenvalue weighted by atomic mass is 32.1. The smallest absolute Gasteiger partial charge is 0.321 e. The molecule has 4 nitrogen and oxygen atoms in total. The second-order valence-electron chi connectivity index (χ2n) is 8.13. The molecular formula is C20H26N2O2S. The van der Waals surface area contributed by atoms with Crippen molar-refractivity contribution < 1.29 is 9.53 Å². The van der Waals surface area contributed by atoms with Crippen LogP contribution in [0.4, 0.5) is 0 Å². The van der Waals surface area contributed by atoms with Gasteiger partial charge >= 0.3 is 5.97 Å². The third-order valence-corrected chi connectivity index (χ3v) is 6.53. The van der Waals surface area contributed by atoms with Crippen molar-refractivity contribution in [1.29, 1.82) is 0 Å². The largest absolute Gasteiger partial charge is 0.465 e. The number of nitrogens with one attached hydrogen (secondary N) is 1. The highest BCUT2D eigenvalue weighted by Crippen LogP contribution is 2.55. The van der Waals surface area contributed by atoms with Gasteiger partial charge in [-0.2, -0.15) is 0 Å². The summed E-state index contributed by atoms with van der Waals surface area (Å²) in [5.74, 6) is 1.58. The molecule has 5 rings (SSSR count). The molecule has 4 aliphatic carbocycles. The molecule has 1 aromatic rings. The van der Waals surface area contributed by atoms with Crippen LogP contribution in [0.1, 0.15) is 57.1 Å². The lowest BCUT2D eigenvalue weighted by atomic mass is 9.53. The van der Waals surface area contributed by atoms with Gasteiger partial charge in [0.2, 0.25) is 0 Å². The van der Waals surface area contributed by atoms with Gasteiger partial charge < -0.3 is 10.1 Å². The zero-order valence-corrected chi connectivity index (χ0v) is 15.6. The molecule has 25 heavy (non-hydrogen) atoms. The minimum absolute atomic E-state index is 0.0886. The molecule has 0 aromatic carbocycles. The molecule has 4 saturated carbocycles. The maximum absolute atomic E-state index is 12.6. The predicted molar refractivity (Wildman–Crippen MR) is 100 cm³/mol. The van der Waals surface area contributed by atoms with Gasteiger partial charge in [-0.1, -0.05) is 18.3 Å². The Hall–Kier alpha value is -1.49. The van der Waals surface area contributed by atoms with E-state index < -0.39 is 5.92 Å². The van der Waals surface area contributed by atoms with Crippen LogP contribution in [0, 0.1) is 17.8 Å². The number of esters is 1. The van der Waals surface area contributed by atoms with Crippen molar-refractivity contribution in [3.05, 3.63) is 30.1 Å². The molecule has 0 amide bonds. The predicted octanol–water partition coefficient (Wildman–Crippen LogP) is 3.61. The third kappa shape index (κ3) is 3.31. The van der Waals surface area contributed by atoms with Gasteiger partial charge in [0.15, 0.2) is 0 Å². The van der Waals surface area contributed by atoms with Crippen molar-refractivity contribution in [2.75, 3.05) is 6.61 Å². The van der Waals surface area contributed by atoms with E-state index in [0.717, 1.165) is 17.8 Å². The highest BCUT2D eigenvalue weighted by molar-refractivity contribution is 7.80. The van der Waals surface area contributed by atoms with Crippen LogP contribution in [0.15, 0.2) is 24.4 Å². The van der Waals surface area contributed by atoms with Gasteiger partial charge in [0.25, 0.3) is 0 Å². The van der Waals surface area contributed by atoms with Crippen molar-refractivity contribution in [2.24, 2.45) is 17.8 Å². The fraction of sp³-hybridized carbons (Fsp3) is 0.650. The van der Waals surface area contributed by atoms with Gasteiger partial charge in [0.05, 0.1) is 17.3 Å². The molecule has 0 radical (unpaired) electrons. The number of pyridine rings is 1. The Kier molecular flexibility index (Phi) is 4.52. The number of aromatic nitrogens is 1. The molecule has 134 valence electrons. The fourth-order valence-corrected chi connectivity index (χ4v) is 6.17. The maximum atomic E-state index is 12.6. The minimum atomic E-state index is -0.607. The number of carbonyl (C=O) groups excluding carboxylic acids is 1. The molecule has 5 heteroatoms. The number of ether oxygens (including phenoxy) is 1. The summed E-state index contributed by atoms with van der Waals surface area (Å²) in [6.45, 7) is 2.17. The van der Waals surface area contributed by atoms with E-state index >= 15 is 0 Å². The molecular weight excluding hydrogens is 332 g/mol. The van der Waals surface area contributed by atoms with Crippen molar-refractivity contribution >= 4 is 23.2 Å². The van der Waals surface area contributed by atoms with Crippen LogP contribution in [0.5, 0.6) is 0 Å². The lowest BCUT2D eigenvalue weighted by Crippen LogP contribution is -2.60. The van der Waals surface area contributed by atoms with E-state index in [0.29, 0.717) is 17.3 Å².